The van der Waals surface area contributed by atoms with Crippen LogP contribution in [0.15, 0.2) is 63.3 Å². The molecule has 3 aromatic rings. The minimum atomic E-state index is -4.55. The molecule has 0 atom stereocenters. The van der Waals surface area contributed by atoms with Crippen LogP contribution in [0.5, 0.6) is 0 Å². The number of hydrogen-bond acceptors (Lipinski definition) is 6. The van der Waals surface area contributed by atoms with E-state index in [4.69, 9.17) is 0 Å². The maximum absolute atomic E-state index is 13.3. The number of anilines is 1. The van der Waals surface area contributed by atoms with Gasteiger partial charge in [0, 0.05) is 16.0 Å². The van der Waals surface area contributed by atoms with Crippen LogP contribution in [-0.2, 0) is 6.18 Å². The highest BCUT2D eigenvalue weighted by molar-refractivity contribution is 7.98. The Morgan fingerprint density at radius 3 is 2.60 bits per heavy atom. The largest absolute Gasteiger partial charge is 0.417 e. The molecule has 0 spiro atoms. The molecule has 1 heterocycles. The molecule has 0 amide bonds. The van der Waals surface area contributed by atoms with Crippen LogP contribution in [0.25, 0.3) is 11.3 Å². The first-order valence-corrected chi connectivity index (χ1v) is 9.70. The van der Waals surface area contributed by atoms with Crippen molar-refractivity contribution in [2.24, 2.45) is 5.10 Å². The van der Waals surface area contributed by atoms with E-state index < -0.39 is 17.3 Å². The fourth-order valence-electron chi connectivity index (χ4n) is 2.62. The Kier molecular flexibility index (Phi) is 6.23. The van der Waals surface area contributed by atoms with Gasteiger partial charge in [-0.25, -0.2) is 10.4 Å². The molecule has 0 radical (unpaired) electrons. The lowest BCUT2D eigenvalue weighted by atomic mass is 10.1. The summed E-state index contributed by atoms with van der Waals surface area (Å²) in [7, 11) is 0. The van der Waals surface area contributed by atoms with Crippen LogP contribution in [0.4, 0.5) is 19.1 Å². The number of alkyl halides is 3. The van der Waals surface area contributed by atoms with E-state index in [0.29, 0.717) is 10.5 Å². The summed E-state index contributed by atoms with van der Waals surface area (Å²) >= 11 is 1.20. The second kappa shape index (κ2) is 8.84. The number of thioether (sulfide) groups is 1. The number of aromatic amines is 1. The van der Waals surface area contributed by atoms with Crippen molar-refractivity contribution in [3.05, 3.63) is 75.6 Å². The molecule has 0 saturated heterocycles. The number of H-pyrrole nitrogens is 1. The molecule has 0 unspecified atom stereocenters. The molecule has 1 aromatic heterocycles. The van der Waals surface area contributed by atoms with Crippen molar-refractivity contribution in [2.45, 2.75) is 11.1 Å². The number of hydrazone groups is 1. The zero-order valence-electron chi connectivity index (χ0n) is 15.5. The predicted molar refractivity (Wildman–Crippen MR) is 109 cm³/mol. The number of nitrogens with one attached hydrogen (secondary N) is 2. The number of nitrogens with zero attached hydrogens (tertiary/aromatic N) is 3. The van der Waals surface area contributed by atoms with Crippen molar-refractivity contribution in [3.8, 4) is 17.3 Å². The van der Waals surface area contributed by atoms with Crippen LogP contribution in [0.2, 0.25) is 0 Å². The molecule has 0 aliphatic carbocycles. The van der Waals surface area contributed by atoms with Gasteiger partial charge in [0.05, 0.1) is 17.5 Å². The number of rotatable bonds is 5. The molecule has 2 aromatic carbocycles. The molecule has 0 fully saturated rings. The van der Waals surface area contributed by atoms with Crippen molar-refractivity contribution >= 4 is 23.9 Å². The maximum atomic E-state index is 13.3. The Morgan fingerprint density at radius 1 is 1.23 bits per heavy atom. The van der Waals surface area contributed by atoms with Gasteiger partial charge >= 0.3 is 6.18 Å². The first kappa shape index (κ1) is 21.1. The van der Waals surface area contributed by atoms with Gasteiger partial charge in [-0.05, 0) is 18.4 Å². The summed E-state index contributed by atoms with van der Waals surface area (Å²) in [4.78, 5) is 19.2. The van der Waals surface area contributed by atoms with Crippen molar-refractivity contribution in [1.82, 2.24) is 9.97 Å². The van der Waals surface area contributed by atoms with E-state index in [1.54, 1.807) is 48.7 Å². The third-order valence-corrected chi connectivity index (χ3v) is 4.74. The van der Waals surface area contributed by atoms with E-state index in [-0.39, 0.29) is 22.8 Å². The fourth-order valence-corrected chi connectivity index (χ4v) is 3.06. The van der Waals surface area contributed by atoms with E-state index in [2.05, 4.69) is 20.5 Å². The normalized spacial score (nSPS) is 11.4. The van der Waals surface area contributed by atoms with Crippen molar-refractivity contribution < 1.29 is 13.2 Å². The molecule has 3 rings (SSSR count). The molecule has 2 N–H and O–H groups in total. The monoisotopic (exact) mass is 429 g/mol. The summed E-state index contributed by atoms with van der Waals surface area (Å²) in [5, 5.41) is 13.0. The summed E-state index contributed by atoms with van der Waals surface area (Å²) in [5.41, 5.74) is 1.26. The SMILES string of the molecule is CSc1ccc(C=NNc2nc(-c3ccccc3)c(C#N)c(=O)[nH]2)c(C(F)(F)F)c1. The first-order valence-electron chi connectivity index (χ1n) is 8.47. The Labute approximate surface area is 173 Å². The standard InChI is InChI=1S/C20H14F3N5OS/c1-30-14-8-7-13(16(9-14)20(21,22)23)11-25-28-19-26-17(12-5-3-2-4-6-12)15(10-24)18(29)27-19/h2-9,11H,1H3,(H2,26,27,28,29). The molecule has 0 bridgehead atoms. The van der Waals surface area contributed by atoms with Gasteiger partial charge in [-0.15, -0.1) is 11.8 Å². The summed E-state index contributed by atoms with van der Waals surface area (Å²) < 4.78 is 39.9. The lowest BCUT2D eigenvalue weighted by molar-refractivity contribution is -0.137. The van der Waals surface area contributed by atoms with Crippen molar-refractivity contribution in [3.63, 3.8) is 0 Å². The highest BCUT2D eigenvalue weighted by Crippen LogP contribution is 2.33. The third-order valence-electron chi connectivity index (χ3n) is 4.02. The van der Waals surface area contributed by atoms with Gasteiger partial charge in [0.15, 0.2) is 0 Å². The van der Waals surface area contributed by atoms with Gasteiger partial charge in [-0.3, -0.25) is 9.78 Å². The van der Waals surface area contributed by atoms with Crippen molar-refractivity contribution in [1.29, 1.82) is 5.26 Å². The van der Waals surface area contributed by atoms with E-state index in [0.717, 1.165) is 12.3 Å². The molecule has 0 aliphatic heterocycles. The highest BCUT2D eigenvalue weighted by Gasteiger charge is 2.33. The van der Waals surface area contributed by atoms with Gasteiger partial charge < -0.3 is 0 Å². The second-order valence-corrected chi connectivity index (χ2v) is 6.82. The van der Waals surface area contributed by atoms with Crippen LogP contribution >= 0.6 is 11.8 Å². The summed E-state index contributed by atoms with van der Waals surface area (Å²) in [6.07, 6.45) is -1.87. The van der Waals surface area contributed by atoms with Crippen LogP contribution in [0, 0.1) is 11.3 Å². The number of nitriles is 1. The minimum absolute atomic E-state index is 0.108. The third kappa shape index (κ3) is 4.69. The molecular formula is C20H14F3N5OS. The van der Waals surface area contributed by atoms with E-state index >= 15 is 0 Å². The maximum Gasteiger partial charge on any atom is 0.417 e. The summed E-state index contributed by atoms with van der Waals surface area (Å²) in [6, 6.07) is 14.3. The summed E-state index contributed by atoms with van der Waals surface area (Å²) in [6.45, 7) is 0. The Hall–Kier alpha value is -3.58. The summed E-state index contributed by atoms with van der Waals surface area (Å²) in [5.74, 6) is -0.108. The van der Waals surface area contributed by atoms with Gasteiger partial charge in [0.25, 0.3) is 5.56 Å². The average Bonchev–Trinajstić information content (AvgIpc) is 2.73. The van der Waals surface area contributed by atoms with E-state index in [1.807, 2.05) is 0 Å². The molecule has 30 heavy (non-hydrogen) atoms. The van der Waals surface area contributed by atoms with Crippen LogP contribution in [-0.4, -0.2) is 22.4 Å². The van der Waals surface area contributed by atoms with Crippen LogP contribution in [0.3, 0.4) is 0 Å². The smallest absolute Gasteiger partial charge is 0.290 e. The predicted octanol–water partition coefficient (Wildman–Crippen LogP) is 4.50. The van der Waals surface area contributed by atoms with E-state index in [9.17, 15) is 23.2 Å². The van der Waals surface area contributed by atoms with Gasteiger partial charge in [0.2, 0.25) is 5.95 Å². The molecule has 0 saturated carbocycles. The molecule has 6 nitrogen and oxygen atoms in total. The molecule has 10 heteroatoms. The second-order valence-electron chi connectivity index (χ2n) is 5.94. The van der Waals surface area contributed by atoms with Gasteiger partial charge in [0.1, 0.15) is 11.6 Å². The first-order chi connectivity index (χ1) is 14.3. The minimum Gasteiger partial charge on any atom is -0.290 e. The lowest BCUT2D eigenvalue weighted by Crippen LogP contribution is -2.16. The molecule has 152 valence electrons. The Balaban J connectivity index is 1.94. The van der Waals surface area contributed by atoms with Crippen LogP contribution in [0.1, 0.15) is 16.7 Å². The van der Waals surface area contributed by atoms with Gasteiger partial charge in [-0.1, -0.05) is 36.4 Å². The lowest BCUT2D eigenvalue weighted by Gasteiger charge is -2.11. The fraction of sp³-hybridized carbons (Fsp3) is 0.100. The van der Waals surface area contributed by atoms with E-state index in [1.165, 1.54) is 17.8 Å². The van der Waals surface area contributed by atoms with Gasteiger partial charge in [-0.2, -0.15) is 23.5 Å². The Bertz CT molecular complexity index is 1180. The molecular weight excluding hydrogens is 415 g/mol. The number of benzene rings is 2. The molecule has 0 aliphatic rings. The topological polar surface area (TPSA) is 93.9 Å². The quantitative estimate of drug-likeness (QED) is 0.354. The highest BCUT2D eigenvalue weighted by atomic mass is 32.2. The zero-order chi connectivity index (χ0) is 21.7. The van der Waals surface area contributed by atoms with Crippen LogP contribution < -0.4 is 11.0 Å². The zero-order valence-corrected chi connectivity index (χ0v) is 16.3. The van der Waals surface area contributed by atoms with Crippen molar-refractivity contribution in [2.75, 3.05) is 11.7 Å². The average molecular weight is 429 g/mol. The number of aromatic nitrogens is 2. The number of hydrogen-bond donors (Lipinski definition) is 2. The number of halogens is 3. The Morgan fingerprint density at radius 2 is 1.97 bits per heavy atom.